The van der Waals surface area contributed by atoms with Gasteiger partial charge in [0, 0.05) is 21.3 Å². The van der Waals surface area contributed by atoms with Crippen LogP contribution in [0.1, 0.15) is 22.8 Å². The Hall–Kier alpha value is -4.46. The Morgan fingerprint density at radius 2 is 1.07 bits per heavy atom. The van der Waals surface area contributed by atoms with Gasteiger partial charge in [-0.05, 0) is 48.9 Å². The maximum absolute atomic E-state index is 11.9. The minimum Gasteiger partial charge on any atom is -0.738 e. The van der Waals surface area contributed by atoms with Crippen molar-refractivity contribution < 1.29 is 19.5 Å². The van der Waals surface area contributed by atoms with Gasteiger partial charge in [0.05, 0.1) is 23.6 Å². The van der Waals surface area contributed by atoms with Gasteiger partial charge in [0.1, 0.15) is 11.6 Å². The molecule has 0 aliphatic heterocycles. The maximum atomic E-state index is 11.9. The molecule has 0 saturated carbocycles. The number of aromatic nitrogens is 8. The summed E-state index contributed by atoms with van der Waals surface area (Å²) in [5.74, 6) is 1.15. The van der Waals surface area contributed by atoms with Crippen LogP contribution in [0.3, 0.4) is 0 Å². The first-order valence-electron chi connectivity index (χ1n) is 11.8. The smallest absolute Gasteiger partial charge is 0.738 e. The van der Waals surface area contributed by atoms with E-state index >= 15 is 0 Å². The molecular formula is C26H20N10O2S2Zn. The molecule has 0 fully saturated rings. The van der Waals surface area contributed by atoms with Gasteiger partial charge in [-0.15, -0.1) is 10.2 Å². The third kappa shape index (κ3) is 6.65. The molecule has 12 nitrogen and oxygen atoms in total. The van der Waals surface area contributed by atoms with Gasteiger partial charge in [-0.3, -0.25) is 9.59 Å². The Labute approximate surface area is 256 Å². The van der Waals surface area contributed by atoms with Crippen molar-refractivity contribution in [1.82, 2.24) is 39.7 Å². The summed E-state index contributed by atoms with van der Waals surface area (Å²) in [6, 6.07) is 18.7. The monoisotopic (exact) mass is 632 g/mol. The van der Waals surface area contributed by atoms with E-state index in [1.807, 2.05) is 48.5 Å². The Balaban J connectivity index is 0.000000184. The van der Waals surface area contributed by atoms with Crippen LogP contribution in [-0.4, -0.2) is 52.1 Å². The Morgan fingerprint density at radius 1 is 0.683 bits per heavy atom. The Kier molecular flexibility index (Phi) is 9.22. The zero-order chi connectivity index (χ0) is 28.2. The summed E-state index contributed by atoms with van der Waals surface area (Å²) in [6.45, 7) is 3.48. The average molecular weight is 634 g/mol. The molecule has 2 aromatic carbocycles. The fraction of sp³-hybridized carbons (Fsp3) is 0.0769. The summed E-state index contributed by atoms with van der Waals surface area (Å²) in [4.78, 5) is 29.5. The number of nitrogens with one attached hydrogen (secondary N) is 2. The van der Waals surface area contributed by atoms with Gasteiger partial charge in [-0.1, -0.05) is 36.4 Å². The van der Waals surface area contributed by atoms with Crippen LogP contribution < -0.4 is 11.1 Å². The molecular weight excluding hydrogens is 614 g/mol. The van der Waals surface area contributed by atoms with E-state index in [0.717, 1.165) is 21.8 Å². The number of hydrogen-bond acceptors (Lipinski definition) is 10. The summed E-state index contributed by atoms with van der Waals surface area (Å²) in [7, 11) is 0. The minimum atomic E-state index is -0.205. The van der Waals surface area contributed by atoms with Gasteiger partial charge >= 0.3 is 19.5 Å². The molecule has 6 rings (SSSR count). The maximum Gasteiger partial charge on any atom is 2.00 e. The molecule has 0 amide bonds. The minimum absolute atomic E-state index is 0. The zero-order valence-corrected chi connectivity index (χ0v) is 26.4. The normalized spacial score (nSPS) is 11.2. The van der Waals surface area contributed by atoms with Crippen molar-refractivity contribution in [2.75, 3.05) is 0 Å². The molecule has 0 saturated heterocycles. The Bertz CT molecular complexity index is 1840. The van der Waals surface area contributed by atoms with Gasteiger partial charge < -0.3 is 35.2 Å². The number of aromatic amines is 2. The molecule has 0 atom stereocenters. The molecule has 2 N–H and O–H groups in total. The molecule has 4 heterocycles. The number of benzene rings is 2. The molecule has 0 aliphatic carbocycles. The van der Waals surface area contributed by atoms with E-state index in [2.05, 4.69) is 40.6 Å². The number of aryl methyl sites for hydroxylation is 2. The van der Waals surface area contributed by atoms with Crippen molar-refractivity contribution in [3.05, 3.63) is 104 Å². The molecule has 0 radical (unpaired) electrons. The number of hydrogen-bond donors (Lipinski definition) is 2. The number of pyridine rings is 2. The van der Waals surface area contributed by atoms with Crippen molar-refractivity contribution >= 4 is 59.5 Å². The first-order chi connectivity index (χ1) is 19.3. The second-order valence-electron chi connectivity index (χ2n) is 8.45. The molecule has 4 aromatic heterocycles. The van der Waals surface area contributed by atoms with Gasteiger partial charge in [-0.25, -0.2) is 9.35 Å². The number of H-pyrrole nitrogens is 2. The van der Waals surface area contributed by atoms with Gasteiger partial charge in [-0.2, -0.15) is 20.4 Å². The fourth-order valence-electron chi connectivity index (χ4n) is 3.70. The van der Waals surface area contributed by atoms with Crippen LogP contribution in [0, 0.1) is 13.8 Å². The van der Waals surface area contributed by atoms with Crippen LogP contribution in [0.25, 0.3) is 21.8 Å². The van der Waals surface area contributed by atoms with Crippen LogP contribution >= 0.6 is 0 Å². The summed E-state index contributed by atoms with van der Waals surface area (Å²) in [5, 5.41) is 25.8. The molecule has 0 bridgehead atoms. The number of rotatable bonds is 4. The molecule has 0 unspecified atom stereocenters. The van der Waals surface area contributed by atoms with Crippen LogP contribution in [0.15, 0.2) is 90.8 Å². The van der Waals surface area contributed by atoms with E-state index in [-0.39, 0.29) is 40.9 Å². The van der Waals surface area contributed by atoms with Gasteiger partial charge in [0.25, 0.3) is 11.1 Å². The van der Waals surface area contributed by atoms with Crippen molar-refractivity contribution in [1.29, 1.82) is 0 Å². The number of fused-ring (bicyclic) bond motifs is 2. The SMILES string of the molecule is Cc1nnc([S-])n1/N=C/c1cc2ccccc2[nH]c1=O.Cc1nnc([S-])n1/N=C/c1cc2ccccc2[nH]c1=O.[Zn+2]. The van der Waals surface area contributed by atoms with Crippen LogP contribution in [0.4, 0.5) is 0 Å². The first-order valence-corrected chi connectivity index (χ1v) is 12.6. The van der Waals surface area contributed by atoms with Crippen molar-refractivity contribution in [3.63, 3.8) is 0 Å². The summed E-state index contributed by atoms with van der Waals surface area (Å²) >= 11 is 9.98. The topological polar surface area (TPSA) is 152 Å². The molecule has 41 heavy (non-hydrogen) atoms. The Morgan fingerprint density at radius 3 is 1.44 bits per heavy atom. The molecule has 15 heteroatoms. The van der Waals surface area contributed by atoms with Crippen molar-refractivity contribution in [3.8, 4) is 0 Å². The van der Waals surface area contributed by atoms with Crippen molar-refractivity contribution in [2.45, 2.75) is 24.2 Å². The van der Waals surface area contributed by atoms with Gasteiger partial charge in [0.15, 0.2) is 0 Å². The quantitative estimate of drug-likeness (QED) is 0.171. The predicted molar refractivity (Wildman–Crippen MR) is 156 cm³/mol. The largest absolute Gasteiger partial charge is 2.00 e. The first kappa shape index (κ1) is 29.5. The third-order valence-corrected chi connectivity index (χ3v) is 6.23. The molecule has 200 valence electrons. The number of para-hydroxylation sites is 2. The van der Waals surface area contributed by atoms with E-state index in [0.29, 0.717) is 22.8 Å². The summed E-state index contributed by atoms with van der Waals surface area (Å²) < 4.78 is 2.81. The number of nitrogens with zero attached hydrogens (tertiary/aromatic N) is 8. The van der Waals surface area contributed by atoms with E-state index in [1.165, 1.54) is 21.8 Å². The second kappa shape index (κ2) is 12.8. The standard InChI is InChI=1S/2C13H11N5OS.Zn/c2*1-8-16-17-13(20)18(8)14-7-10-6-9-4-2-3-5-11(9)15-12(10)19;/h2*2-7H,1H3,(H,15,19)(H,17,20);/q;;+2/p-2/b2*14-7+;. The van der Waals surface area contributed by atoms with E-state index in [1.54, 1.807) is 26.0 Å². The van der Waals surface area contributed by atoms with E-state index < -0.39 is 0 Å². The fourth-order valence-corrected chi connectivity index (χ4v) is 4.14. The average Bonchev–Trinajstić information content (AvgIpc) is 3.45. The molecule has 0 spiro atoms. The molecule has 6 aromatic rings. The van der Waals surface area contributed by atoms with Crippen LogP contribution in [0.5, 0.6) is 0 Å². The summed E-state index contributed by atoms with van der Waals surface area (Å²) in [6.07, 6.45) is 2.91. The zero-order valence-electron chi connectivity index (χ0n) is 21.8. The second-order valence-corrected chi connectivity index (χ2v) is 9.18. The predicted octanol–water partition coefficient (Wildman–Crippen LogP) is 2.43. The van der Waals surface area contributed by atoms with Crippen molar-refractivity contribution in [2.24, 2.45) is 10.2 Å². The third-order valence-electron chi connectivity index (χ3n) is 5.72. The van der Waals surface area contributed by atoms with E-state index in [4.69, 9.17) is 25.3 Å². The van der Waals surface area contributed by atoms with E-state index in [9.17, 15) is 9.59 Å². The van der Waals surface area contributed by atoms with Crippen LogP contribution in [-0.2, 0) is 44.7 Å². The van der Waals surface area contributed by atoms with Crippen LogP contribution in [0.2, 0.25) is 0 Å². The van der Waals surface area contributed by atoms with Gasteiger partial charge in [0.2, 0.25) is 0 Å². The summed E-state index contributed by atoms with van der Waals surface area (Å²) in [5.41, 5.74) is 2.07. The molecule has 0 aliphatic rings.